The fourth-order valence-corrected chi connectivity index (χ4v) is 4.45. The first-order valence-corrected chi connectivity index (χ1v) is 10.9. The number of carbonyl (C=O) groups is 1. The van der Waals surface area contributed by atoms with E-state index in [9.17, 15) is 4.79 Å². The van der Waals surface area contributed by atoms with Crippen molar-refractivity contribution in [3.63, 3.8) is 0 Å². The molecule has 0 fully saturated rings. The normalized spacial score (nSPS) is 11.9. The van der Waals surface area contributed by atoms with Gasteiger partial charge in [0, 0.05) is 5.75 Å². The van der Waals surface area contributed by atoms with Gasteiger partial charge in [-0.1, -0.05) is 83.8 Å². The third kappa shape index (κ3) is 5.13. The molecule has 4 rings (SSSR count). The van der Waals surface area contributed by atoms with Crippen molar-refractivity contribution in [2.24, 2.45) is 0 Å². The van der Waals surface area contributed by atoms with E-state index in [1.54, 1.807) is 18.7 Å². The van der Waals surface area contributed by atoms with Crippen LogP contribution in [0.5, 0.6) is 5.75 Å². The third-order valence-corrected chi connectivity index (χ3v) is 6.29. The van der Waals surface area contributed by atoms with E-state index >= 15 is 0 Å². The summed E-state index contributed by atoms with van der Waals surface area (Å²) in [6.07, 6.45) is -0.652. The van der Waals surface area contributed by atoms with Crippen molar-refractivity contribution in [3.8, 4) is 5.75 Å². The number of aromatic nitrogens is 2. The highest BCUT2D eigenvalue weighted by atomic mass is 32.2. The van der Waals surface area contributed by atoms with E-state index < -0.39 is 6.10 Å². The van der Waals surface area contributed by atoms with Crippen molar-refractivity contribution in [1.29, 1.82) is 0 Å². The highest BCUT2D eigenvalue weighted by molar-refractivity contribution is 8.00. The number of benzene rings is 3. The smallest absolute Gasteiger partial charge is 0.266 e. The Balaban J connectivity index is 1.33. The van der Waals surface area contributed by atoms with Crippen LogP contribution in [-0.2, 0) is 10.5 Å². The van der Waals surface area contributed by atoms with Crippen LogP contribution in [0.2, 0.25) is 0 Å². The van der Waals surface area contributed by atoms with Crippen molar-refractivity contribution in [2.45, 2.75) is 23.1 Å². The largest absolute Gasteiger partial charge is 0.481 e. The van der Waals surface area contributed by atoms with Gasteiger partial charge in [0.15, 0.2) is 10.4 Å². The van der Waals surface area contributed by atoms with Gasteiger partial charge in [-0.15, -0.1) is 10.2 Å². The molecule has 0 saturated heterocycles. The summed E-state index contributed by atoms with van der Waals surface area (Å²) < 4.78 is 6.62. The molecule has 0 aliphatic heterocycles. The molecule has 1 N–H and O–H groups in total. The summed E-state index contributed by atoms with van der Waals surface area (Å²) in [7, 11) is 0. The predicted octanol–water partition coefficient (Wildman–Crippen LogP) is 5.39. The standard InChI is InChI=1S/C22H19N3O2S2/c1-15(27-19-12-11-17-9-5-6-10-18(17)13-19)20(26)23-21-24-25-22(29-21)28-14-16-7-3-2-4-8-16/h2-13,15H,14H2,1H3,(H,23,24,26)/t15-/m1/s1. The molecule has 1 atom stereocenters. The number of nitrogens with one attached hydrogen (secondary N) is 1. The van der Waals surface area contributed by atoms with Gasteiger partial charge in [-0.3, -0.25) is 10.1 Å². The Hall–Kier alpha value is -2.90. The van der Waals surface area contributed by atoms with Crippen LogP contribution in [0, 0.1) is 0 Å². The number of nitrogens with zero attached hydrogens (tertiary/aromatic N) is 2. The number of ether oxygens (including phenoxy) is 1. The minimum absolute atomic E-state index is 0.256. The lowest BCUT2D eigenvalue weighted by molar-refractivity contribution is -0.122. The number of carbonyl (C=O) groups excluding carboxylic acids is 1. The van der Waals surface area contributed by atoms with E-state index in [0.717, 1.165) is 20.9 Å². The Kier molecular flexibility index (Phi) is 6.07. The lowest BCUT2D eigenvalue weighted by Crippen LogP contribution is -2.30. The fraction of sp³-hybridized carbons (Fsp3) is 0.136. The van der Waals surface area contributed by atoms with Gasteiger partial charge in [-0.25, -0.2) is 0 Å². The average Bonchev–Trinajstić information content (AvgIpc) is 3.20. The Morgan fingerprint density at radius 1 is 1.03 bits per heavy atom. The van der Waals surface area contributed by atoms with Crippen LogP contribution >= 0.6 is 23.1 Å². The highest BCUT2D eigenvalue weighted by Gasteiger charge is 2.17. The van der Waals surface area contributed by atoms with Crippen LogP contribution in [0.1, 0.15) is 12.5 Å². The summed E-state index contributed by atoms with van der Waals surface area (Å²) >= 11 is 2.96. The molecule has 1 aromatic heterocycles. The van der Waals surface area contributed by atoms with E-state index in [2.05, 4.69) is 27.6 Å². The monoisotopic (exact) mass is 421 g/mol. The van der Waals surface area contributed by atoms with Gasteiger partial charge in [0.25, 0.3) is 5.91 Å². The minimum atomic E-state index is -0.652. The van der Waals surface area contributed by atoms with Gasteiger partial charge in [-0.2, -0.15) is 0 Å². The molecule has 0 unspecified atom stereocenters. The number of hydrogen-bond acceptors (Lipinski definition) is 6. The minimum Gasteiger partial charge on any atom is -0.481 e. The first kappa shape index (κ1) is 19.4. The molecule has 29 heavy (non-hydrogen) atoms. The average molecular weight is 422 g/mol. The summed E-state index contributed by atoms with van der Waals surface area (Å²) in [5.41, 5.74) is 1.22. The third-order valence-electron chi connectivity index (χ3n) is 4.24. The Labute approximate surface area is 177 Å². The number of amides is 1. The summed E-state index contributed by atoms with van der Waals surface area (Å²) in [4.78, 5) is 12.5. The second-order valence-electron chi connectivity index (χ2n) is 6.41. The molecule has 4 aromatic rings. The molecule has 7 heteroatoms. The summed E-state index contributed by atoms with van der Waals surface area (Å²) in [5, 5.41) is 13.7. The van der Waals surface area contributed by atoms with Crippen molar-refractivity contribution in [3.05, 3.63) is 78.4 Å². The maximum Gasteiger partial charge on any atom is 0.266 e. The Morgan fingerprint density at radius 2 is 1.79 bits per heavy atom. The fourth-order valence-electron chi connectivity index (χ4n) is 2.74. The quantitative estimate of drug-likeness (QED) is 0.320. The lowest BCUT2D eigenvalue weighted by atomic mass is 10.1. The molecule has 1 heterocycles. The molecule has 0 radical (unpaired) electrons. The molecule has 5 nitrogen and oxygen atoms in total. The van der Waals surface area contributed by atoms with Gasteiger partial charge < -0.3 is 4.74 Å². The van der Waals surface area contributed by atoms with Crippen molar-refractivity contribution in [1.82, 2.24) is 10.2 Å². The number of anilines is 1. The molecule has 0 aliphatic rings. The van der Waals surface area contributed by atoms with Gasteiger partial charge >= 0.3 is 0 Å². The van der Waals surface area contributed by atoms with Gasteiger partial charge in [0.2, 0.25) is 5.13 Å². The van der Waals surface area contributed by atoms with Crippen LogP contribution in [0.15, 0.2) is 77.1 Å². The van der Waals surface area contributed by atoms with Crippen LogP contribution in [0.4, 0.5) is 5.13 Å². The molecule has 1 amide bonds. The Morgan fingerprint density at radius 3 is 2.62 bits per heavy atom. The number of thioether (sulfide) groups is 1. The first-order chi connectivity index (χ1) is 14.2. The van der Waals surface area contributed by atoms with Gasteiger partial charge in [0.1, 0.15) is 5.75 Å². The van der Waals surface area contributed by atoms with Crippen LogP contribution in [0.25, 0.3) is 10.8 Å². The maximum absolute atomic E-state index is 12.5. The zero-order valence-corrected chi connectivity index (χ0v) is 17.4. The molecule has 0 aliphatic carbocycles. The van der Waals surface area contributed by atoms with Crippen molar-refractivity contribution < 1.29 is 9.53 Å². The summed E-state index contributed by atoms with van der Waals surface area (Å²) in [6, 6.07) is 24.0. The van der Waals surface area contributed by atoms with Crippen LogP contribution in [-0.4, -0.2) is 22.2 Å². The molecule has 0 saturated carbocycles. The van der Waals surface area contributed by atoms with E-state index in [0.29, 0.717) is 10.9 Å². The van der Waals surface area contributed by atoms with Crippen molar-refractivity contribution in [2.75, 3.05) is 5.32 Å². The summed E-state index contributed by atoms with van der Waals surface area (Å²) in [6.45, 7) is 1.72. The molecular weight excluding hydrogens is 402 g/mol. The summed E-state index contributed by atoms with van der Waals surface area (Å²) in [5.74, 6) is 1.21. The predicted molar refractivity (Wildman–Crippen MR) is 119 cm³/mol. The molecule has 3 aromatic carbocycles. The number of fused-ring (bicyclic) bond motifs is 1. The van der Waals surface area contributed by atoms with Crippen molar-refractivity contribution >= 4 is 44.9 Å². The van der Waals surface area contributed by atoms with Crippen LogP contribution in [0.3, 0.4) is 0 Å². The molecule has 0 bridgehead atoms. The second kappa shape index (κ2) is 9.07. The van der Waals surface area contributed by atoms with E-state index in [1.807, 2.05) is 60.7 Å². The topological polar surface area (TPSA) is 64.1 Å². The molecular formula is C22H19N3O2S2. The number of rotatable bonds is 7. The van der Waals surface area contributed by atoms with E-state index in [-0.39, 0.29) is 5.91 Å². The Bertz CT molecular complexity index is 1120. The zero-order chi connectivity index (χ0) is 20.1. The zero-order valence-electron chi connectivity index (χ0n) is 15.7. The van der Waals surface area contributed by atoms with Gasteiger partial charge in [-0.05, 0) is 35.4 Å². The SMILES string of the molecule is C[C@@H](Oc1ccc2ccccc2c1)C(=O)Nc1nnc(SCc2ccccc2)s1. The maximum atomic E-state index is 12.5. The first-order valence-electron chi connectivity index (χ1n) is 9.14. The van der Waals surface area contributed by atoms with Crippen LogP contribution < -0.4 is 10.1 Å². The van der Waals surface area contributed by atoms with Gasteiger partial charge in [0.05, 0.1) is 0 Å². The second-order valence-corrected chi connectivity index (χ2v) is 8.61. The number of hydrogen-bond donors (Lipinski definition) is 1. The van der Waals surface area contributed by atoms with E-state index in [1.165, 1.54) is 16.9 Å². The molecule has 146 valence electrons. The highest BCUT2D eigenvalue weighted by Crippen LogP contribution is 2.28. The molecule has 0 spiro atoms. The van der Waals surface area contributed by atoms with E-state index in [4.69, 9.17) is 4.74 Å². The lowest BCUT2D eigenvalue weighted by Gasteiger charge is -2.14.